The van der Waals surface area contributed by atoms with Crippen molar-refractivity contribution < 1.29 is 4.42 Å². The molecule has 15 heavy (non-hydrogen) atoms. The van der Waals surface area contributed by atoms with Crippen LogP contribution < -0.4 is 0 Å². The van der Waals surface area contributed by atoms with E-state index in [1.807, 2.05) is 6.07 Å². The van der Waals surface area contributed by atoms with E-state index in [2.05, 4.69) is 13.2 Å². The summed E-state index contributed by atoms with van der Waals surface area (Å²) in [6.45, 7) is 2.27. The summed E-state index contributed by atoms with van der Waals surface area (Å²) in [5.74, 6) is 0. The highest BCUT2D eigenvalue weighted by atomic mass is 16.3. The van der Waals surface area contributed by atoms with Gasteiger partial charge in [0, 0.05) is 5.56 Å². The largest absolute Gasteiger partial charge is 0.461 e. The number of furan rings is 1. The van der Waals surface area contributed by atoms with Gasteiger partial charge in [-0.3, -0.25) is 0 Å². The Morgan fingerprint density at radius 1 is 1.00 bits per heavy atom. The third-order valence-electron chi connectivity index (χ3n) is 2.83. The molecule has 0 unspecified atom stereocenters. The second kappa shape index (κ2) is 8.58. The van der Waals surface area contributed by atoms with Crippen LogP contribution in [0.5, 0.6) is 0 Å². The molecule has 1 heterocycles. The van der Waals surface area contributed by atoms with Crippen LogP contribution in [-0.4, -0.2) is 0 Å². The number of aryl methyl sites for hydroxylation is 1. The Morgan fingerprint density at radius 2 is 1.67 bits per heavy atom. The molecule has 0 aromatic carbocycles. The Kier molecular flexibility index (Phi) is 7.06. The van der Waals surface area contributed by atoms with Crippen molar-refractivity contribution in [3.8, 4) is 0 Å². The Labute approximate surface area is 93.9 Å². The van der Waals surface area contributed by atoms with Crippen LogP contribution in [0.4, 0.5) is 0 Å². The normalized spacial score (nSPS) is 10.7. The Hall–Kier alpha value is -0.720. The minimum atomic E-state index is 1.13. The fourth-order valence-corrected chi connectivity index (χ4v) is 1.84. The first-order valence-corrected chi connectivity index (χ1v) is 6.37. The lowest BCUT2D eigenvalue weighted by atomic mass is 10.1. The fraction of sp³-hybridized carbons (Fsp3) is 0.714. The molecule has 0 saturated heterocycles. The van der Waals surface area contributed by atoms with Gasteiger partial charge in [-0.2, -0.15) is 0 Å². The maximum atomic E-state index is 4.91. The van der Waals surface area contributed by atoms with Crippen LogP contribution in [0.3, 0.4) is 0 Å². The molecule has 0 fully saturated rings. The van der Waals surface area contributed by atoms with Crippen LogP contribution in [0.2, 0.25) is 0 Å². The molecule has 1 radical (unpaired) electrons. The maximum absolute atomic E-state index is 4.91. The van der Waals surface area contributed by atoms with Gasteiger partial charge in [0.1, 0.15) is 0 Å². The van der Waals surface area contributed by atoms with E-state index in [4.69, 9.17) is 4.42 Å². The van der Waals surface area contributed by atoms with E-state index in [0.29, 0.717) is 0 Å². The molecule has 0 bridgehead atoms. The summed E-state index contributed by atoms with van der Waals surface area (Å²) in [5, 5.41) is 0. The van der Waals surface area contributed by atoms with Gasteiger partial charge >= 0.3 is 0 Å². The zero-order valence-corrected chi connectivity index (χ0v) is 9.93. The third-order valence-corrected chi connectivity index (χ3v) is 2.83. The second-order valence-electron chi connectivity index (χ2n) is 4.27. The number of hydrogen-bond acceptors (Lipinski definition) is 1. The van der Waals surface area contributed by atoms with Gasteiger partial charge in [0.15, 0.2) is 6.26 Å². The van der Waals surface area contributed by atoms with E-state index in [1.54, 1.807) is 6.26 Å². The van der Waals surface area contributed by atoms with E-state index in [-0.39, 0.29) is 0 Å². The molecule has 1 rings (SSSR count). The summed E-state index contributed by atoms with van der Waals surface area (Å²) in [6.07, 6.45) is 16.8. The first-order valence-electron chi connectivity index (χ1n) is 6.37. The van der Waals surface area contributed by atoms with E-state index >= 15 is 0 Å². The van der Waals surface area contributed by atoms with Gasteiger partial charge < -0.3 is 4.42 Å². The molecule has 0 aliphatic heterocycles. The molecule has 1 nitrogen and oxygen atoms in total. The van der Waals surface area contributed by atoms with Crippen LogP contribution in [0.25, 0.3) is 0 Å². The van der Waals surface area contributed by atoms with Gasteiger partial charge in [0.25, 0.3) is 0 Å². The standard InChI is InChI=1S/C14H23O/c1-2-3-4-5-6-7-8-9-10-14-11-12-15-13-14/h11-12H,2-10H2,1H3. The molecule has 0 spiro atoms. The van der Waals surface area contributed by atoms with Crippen LogP contribution in [-0.2, 0) is 6.42 Å². The van der Waals surface area contributed by atoms with Gasteiger partial charge in [-0.15, -0.1) is 0 Å². The fourth-order valence-electron chi connectivity index (χ4n) is 1.84. The summed E-state index contributed by atoms with van der Waals surface area (Å²) in [5.41, 5.74) is 1.22. The summed E-state index contributed by atoms with van der Waals surface area (Å²) in [4.78, 5) is 0. The van der Waals surface area contributed by atoms with Crippen molar-refractivity contribution in [2.24, 2.45) is 0 Å². The molecule has 0 N–H and O–H groups in total. The average molecular weight is 207 g/mol. The maximum Gasteiger partial charge on any atom is 0.172 e. The average Bonchev–Trinajstić information content (AvgIpc) is 2.75. The lowest BCUT2D eigenvalue weighted by molar-refractivity contribution is 0.549. The van der Waals surface area contributed by atoms with Gasteiger partial charge in [-0.05, 0) is 18.9 Å². The highest BCUT2D eigenvalue weighted by Gasteiger charge is 1.95. The predicted molar refractivity (Wildman–Crippen MR) is 63.9 cm³/mol. The topological polar surface area (TPSA) is 13.1 Å². The van der Waals surface area contributed by atoms with Crippen molar-refractivity contribution in [1.29, 1.82) is 0 Å². The Morgan fingerprint density at radius 3 is 2.27 bits per heavy atom. The van der Waals surface area contributed by atoms with Crippen molar-refractivity contribution in [3.05, 3.63) is 24.2 Å². The molecule has 1 aromatic heterocycles. The van der Waals surface area contributed by atoms with Crippen molar-refractivity contribution in [2.75, 3.05) is 0 Å². The molecule has 0 aliphatic carbocycles. The van der Waals surface area contributed by atoms with Crippen LogP contribution in [0.1, 0.15) is 63.9 Å². The molecule has 0 atom stereocenters. The minimum Gasteiger partial charge on any atom is -0.461 e. The van der Waals surface area contributed by atoms with Gasteiger partial charge in [-0.25, -0.2) is 0 Å². The highest BCUT2D eigenvalue weighted by Crippen LogP contribution is 2.11. The van der Waals surface area contributed by atoms with Gasteiger partial charge in [0.2, 0.25) is 0 Å². The van der Waals surface area contributed by atoms with Gasteiger partial charge in [-0.1, -0.05) is 51.9 Å². The summed E-state index contributed by atoms with van der Waals surface area (Å²) in [6, 6.07) is 2.02. The summed E-state index contributed by atoms with van der Waals surface area (Å²) < 4.78 is 4.91. The van der Waals surface area contributed by atoms with E-state index in [0.717, 1.165) is 6.42 Å². The summed E-state index contributed by atoms with van der Waals surface area (Å²) in [7, 11) is 0. The minimum absolute atomic E-state index is 1.13. The number of unbranched alkanes of at least 4 members (excludes halogenated alkanes) is 7. The van der Waals surface area contributed by atoms with E-state index in [1.165, 1.54) is 56.9 Å². The van der Waals surface area contributed by atoms with Crippen LogP contribution >= 0.6 is 0 Å². The van der Waals surface area contributed by atoms with Crippen LogP contribution in [0.15, 0.2) is 16.7 Å². The zero-order chi connectivity index (χ0) is 10.8. The summed E-state index contributed by atoms with van der Waals surface area (Å²) >= 11 is 0. The number of hydrogen-bond donors (Lipinski definition) is 0. The molecule has 1 aromatic rings. The van der Waals surface area contributed by atoms with Crippen LogP contribution in [0, 0.1) is 6.26 Å². The van der Waals surface area contributed by atoms with E-state index < -0.39 is 0 Å². The smallest absolute Gasteiger partial charge is 0.172 e. The first kappa shape index (κ1) is 12.4. The van der Waals surface area contributed by atoms with E-state index in [9.17, 15) is 0 Å². The SMILES string of the molecule is CCCCCCCCCCc1[c]occ1. The second-order valence-corrected chi connectivity index (χ2v) is 4.27. The quantitative estimate of drug-likeness (QED) is 0.532. The Balaban J connectivity index is 1.81. The molecule has 85 valence electrons. The zero-order valence-electron chi connectivity index (χ0n) is 9.93. The highest BCUT2D eigenvalue weighted by molar-refractivity contribution is 5.03. The molecule has 0 amide bonds. The number of rotatable bonds is 9. The monoisotopic (exact) mass is 207 g/mol. The molecule has 1 heteroatoms. The lowest BCUT2D eigenvalue weighted by Crippen LogP contribution is -1.84. The predicted octanol–water partition coefficient (Wildman–Crippen LogP) is 4.76. The molecular formula is C14H23O. The van der Waals surface area contributed by atoms with Gasteiger partial charge in [0.05, 0.1) is 6.26 Å². The molecule has 0 aliphatic rings. The van der Waals surface area contributed by atoms with Crippen molar-refractivity contribution >= 4 is 0 Å². The first-order chi connectivity index (χ1) is 7.43. The van der Waals surface area contributed by atoms with Crippen molar-refractivity contribution in [1.82, 2.24) is 0 Å². The lowest BCUT2D eigenvalue weighted by Gasteiger charge is -2.00. The van der Waals surface area contributed by atoms with Crippen molar-refractivity contribution in [3.63, 3.8) is 0 Å². The molecule has 0 saturated carbocycles. The Bertz CT molecular complexity index is 213. The molecular weight excluding hydrogens is 184 g/mol. The third kappa shape index (κ3) is 6.38. The van der Waals surface area contributed by atoms with Crippen molar-refractivity contribution in [2.45, 2.75) is 64.7 Å².